The molecular weight excluding hydrogens is 190 g/mol. The second-order valence-corrected chi connectivity index (χ2v) is 3.91. The fourth-order valence-electron chi connectivity index (χ4n) is 1.54. The van der Waals surface area contributed by atoms with Gasteiger partial charge in [0.1, 0.15) is 5.78 Å². The third kappa shape index (κ3) is 8.58. The molecule has 0 aliphatic carbocycles. The SMILES string of the molecule is CCCCN(CCO)CCCC(=O)CC. The maximum Gasteiger partial charge on any atom is 0.132 e. The molecule has 3 heteroatoms. The number of hydrogen-bond donors (Lipinski definition) is 1. The quantitative estimate of drug-likeness (QED) is 0.604. The number of aliphatic hydroxyl groups is 1. The molecule has 0 unspecified atom stereocenters. The number of Topliss-reactive ketones (excluding diaryl/α,β-unsaturated/α-hetero) is 1. The van der Waals surface area contributed by atoms with Crippen LogP contribution in [0.1, 0.15) is 46.0 Å². The maximum atomic E-state index is 11.1. The van der Waals surface area contributed by atoms with E-state index in [1.54, 1.807) is 0 Å². The van der Waals surface area contributed by atoms with Gasteiger partial charge in [-0.3, -0.25) is 4.79 Å². The van der Waals surface area contributed by atoms with E-state index in [9.17, 15) is 4.79 Å². The van der Waals surface area contributed by atoms with Crippen LogP contribution in [0.15, 0.2) is 0 Å². The van der Waals surface area contributed by atoms with Crippen molar-refractivity contribution in [2.75, 3.05) is 26.2 Å². The second kappa shape index (κ2) is 10.1. The number of ketones is 1. The van der Waals surface area contributed by atoms with E-state index in [0.29, 0.717) is 18.6 Å². The van der Waals surface area contributed by atoms with Crippen molar-refractivity contribution in [1.82, 2.24) is 4.90 Å². The van der Waals surface area contributed by atoms with Crippen molar-refractivity contribution in [3.05, 3.63) is 0 Å². The third-order valence-electron chi connectivity index (χ3n) is 2.57. The summed E-state index contributed by atoms with van der Waals surface area (Å²) in [5.74, 6) is 0.342. The largest absolute Gasteiger partial charge is 0.395 e. The first kappa shape index (κ1) is 14.6. The minimum Gasteiger partial charge on any atom is -0.395 e. The lowest BCUT2D eigenvalue weighted by Gasteiger charge is -2.20. The normalized spacial score (nSPS) is 10.9. The van der Waals surface area contributed by atoms with E-state index in [-0.39, 0.29) is 6.61 Å². The van der Waals surface area contributed by atoms with Crippen LogP contribution in [-0.4, -0.2) is 42.0 Å². The van der Waals surface area contributed by atoms with Crippen molar-refractivity contribution in [3.8, 4) is 0 Å². The van der Waals surface area contributed by atoms with Crippen molar-refractivity contribution in [2.45, 2.75) is 46.0 Å². The number of carbonyl (C=O) groups is 1. The highest BCUT2D eigenvalue weighted by Crippen LogP contribution is 2.00. The van der Waals surface area contributed by atoms with Gasteiger partial charge < -0.3 is 10.0 Å². The number of hydrogen-bond acceptors (Lipinski definition) is 3. The first-order valence-electron chi connectivity index (χ1n) is 6.09. The van der Waals surface area contributed by atoms with Crippen LogP contribution in [0, 0.1) is 0 Å². The summed E-state index contributed by atoms with van der Waals surface area (Å²) in [6.07, 6.45) is 4.60. The van der Waals surface area contributed by atoms with Crippen LogP contribution in [0.3, 0.4) is 0 Å². The summed E-state index contributed by atoms with van der Waals surface area (Å²) in [5.41, 5.74) is 0. The molecule has 0 rings (SSSR count). The van der Waals surface area contributed by atoms with Crippen molar-refractivity contribution >= 4 is 5.78 Å². The van der Waals surface area contributed by atoms with Crippen LogP contribution >= 0.6 is 0 Å². The molecule has 0 aromatic carbocycles. The number of rotatable bonds is 10. The fourth-order valence-corrected chi connectivity index (χ4v) is 1.54. The average molecular weight is 215 g/mol. The number of aliphatic hydroxyl groups excluding tert-OH is 1. The summed E-state index contributed by atoms with van der Waals surface area (Å²) in [4.78, 5) is 13.3. The lowest BCUT2D eigenvalue weighted by atomic mass is 10.1. The minimum absolute atomic E-state index is 0.214. The van der Waals surface area contributed by atoms with Gasteiger partial charge >= 0.3 is 0 Å². The summed E-state index contributed by atoms with van der Waals surface area (Å²) in [6.45, 7) is 7.00. The Morgan fingerprint density at radius 1 is 1.13 bits per heavy atom. The van der Waals surface area contributed by atoms with Gasteiger partial charge in [0.05, 0.1) is 6.61 Å². The molecule has 0 fully saturated rings. The van der Waals surface area contributed by atoms with Gasteiger partial charge in [0.2, 0.25) is 0 Å². The lowest BCUT2D eigenvalue weighted by molar-refractivity contribution is -0.118. The molecule has 0 radical (unpaired) electrons. The van der Waals surface area contributed by atoms with Crippen LogP contribution in [0.25, 0.3) is 0 Å². The molecule has 0 spiro atoms. The summed E-state index contributed by atoms with van der Waals surface area (Å²) in [6, 6.07) is 0. The second-order valence-electron chi connectivity index (χ2n) is 3.91. The van der Waals surface area contributed by atoms with Crippen LogP contribution in [-0.2, 0) is 4.79 Å². The highest BCUT2D eigenvalue weighted by Gasteiger charge is 2.04. The van der Waals surface area contributed by atoms with Crippen LogP contribution in [0.2, 0.25) is 0 Å². The van der Waals surface area contributed by atoms with E-state index < -0.39 is 0 Å². The highest BCUT2D eigenvalue weighted by molar-refractivity contribution is 5.77. The Bertz CT molecular complexity index is 160. The minimum atomic E-state index is 0.214. The summed E-state index contributed by atoms with van der Waals surface area (Å²) < 4.78 is 0. The summed E-state index contributed by atoms with van der Waals surface area (Å²) >= 11 is 0. The predicted molar refractivity (Wildman–Crippen MR) is 63.0 cm³/mol. The standard InChI is InChI=1S/C12H25NO2/c1-3-5-8-13(10-11-14)9-6-7-12(15)4-2/h14H,3-11H2,1-2H3. The molecule has 0 aromatic rings. The molecule has 1 N–H and O–H groups in total. The Labute approximate surface area is 93.5 Å². The Hall–Kier alpha value is -0.410. The molecule has 0 bridgehead atoms. The summed E-state index contributed by atoms with van der Waals surface area (Å²) in [7, 11) is 0. The van der Waals surface area contributed by atoms with Crippen molar-refractivity contribution in [1.29, 1.82) is 0 Å². The molecule has 0 amide bonds. The molecule has 0 aliphatic rings. The zero-order valence-corrected chi connectivity index (χ0v) is 10.2. The zero-order chi connectivity index (χ0) is 11.5. The summed E-state index contributed by atoms with van der Waals surface area (Å²) in [5, 5.41) is 8.88. The molecule has 0 heterocycles. The Morgan fingerprint density at radius 3 is 2.33 bits per heavy atom. The highest BCUT2D eigenvalue weighted by atomic mass is 16.3. The molecular formula is C12H25NO2. The molecule has 90 valence electrons. The van der Waals surface area contributed by atoms with E-state index in [1.807, 2.05) is 6.92 Å². The van der Waals surface area contributed by atoms with Crippen LogP contribution in [0.5, 0.6) is 0 Å². The van der Waals surface area contributed by atoms with Gasteiger partial charge in [-0.15, -0.1) is 0 Å². The molecule has 0 atom stereocenters. The monoisotopic (exact) mass is 215 g/mol. The van der Waals surface area contributed by atoms with Gasteiger partial charge in [0, 0.05) is 19.4 Å². The van der Waals surface area contributed by atoms with Crippen LogP contribution < -0.4 is 0 Å². The maximum absolute atomic E-state index is 11.1. The van der Waals surface area contributed by atoms with Gasteiger partial charge in [0.25, 0.3) is 0 Å². The Kier molecular flexibility index (Phi) is 9.84. The number of unbranched alkanes of at least 4 members (excludes halogenated alkanes) is 1. The Balaban J connectivity index is 3.60. The molecule has 15 heavy (non-hydrogen) atoms. The van der Waals surface area contributed by atoms with Crippen molar-refractivity contribution in [3.63, 3.8) is 0 Å². The molecule has 0 aliphatic heterocycles. The first-order valence-corrected chi connectivity index (χ1v) is 6.09. The van der Waals surface area contributed by atoms with Gasteiger partial charge in [-0.2, -0.15) is 0 Å². The fraction of sp³-hybridized carbons (Fsp3) is 0.917. The van der Waals surface area contributed by atoms with Crippen molar-refractivity contribution < 1.29 is 9.90 Å². The molecule has 3 nitrogen and oxygen atoms in total. The van der Waals surface area contributed by atoms with Gasteiger partial charge in [0.15, 0.2) is 0 Å². The van der Waals surface area contributed by atoms with Crippen molar-refractivity contribution in [2.24, 2.45) is 0 Å². The zero-order valence-electron chi connectivity index (χ0n) is 10.2. The molecule has 0 saturated heterocycles. The lowest BCUT2D eigenvalue weighted by Crippen LogP contribution is -2.29. The van der Waals surface area contributed by atoms with E-state index >= 15 is 0 Å². The van der Waals surface area contributed by atoms with E-state index in [1.165, 1.54) is 12.8 Å². The van der Waals surface area contributed by atoms with E-state index in [2.05, 4.69) is 11.8 Å². The number of carbonyl (C=O) groups excluding carboxylic acids is 1. The third-order valence-corrected chi connectivity index (χ3v) is 2.57. The first-order chi connectivity index (χ1) is 7.24. The smallest absolute Gasteiger partial charge is 0.132 e. The van der Waals surface area contributed by atoms with Gasteiger partial charge in [-0.05, 0) is 25.9 Å². The Morgan fingerprint density at radius 2 is 1.80 bits per heavy atom. The molecule has 0 saturated carbocycles. The average Bonchev–Trinajstić information content (AvgIpc) is 2.25. The van der Waals surface area contributed by atoms with Gasteiger partial charge in [-0.1, -0.05) is 20.3 Å². The van der Waals surface area contributed by atoms with Crippen LogP contribution in [0.4, 0.5) is 0 Å². The topological polar surface area (TPSA) is 40.5 Å². The van der Waals surface area contributed by atoms with E-state index in [0.717, 1.165) is 26.1 Å². The predicted octanol–water partition coefficient (Wildman–Crippen LogP) is 1.84. The van der Waals surface area contributed by atoms with E-state index in [4.69, 9.17) is 5.11 Å². The van der Waals surface area contributed by atoms with Gasteiger partial charge in [-0.25, -0.2) is 0 Å². The molecule has 0 aromatic heterocycles. The number of nitrogens with zero attached hydrogens (tertiary/aromatic N) is 1.